The Hall–Kier alpha value is -2.61. The van der Waals surface area contributed by atoms with Crippen LogP contribution in [0.15, 0.2) is 48.5 Å². The molecule has 0 heterocycles. The van der Waals surface area contributed by atoms with Crippen LogP contribution in [-0.2, 0) is 14.8 Å². The van der Waals surface area contributed by atoms with Crippen LogP contribution < -0.4 is 14.4 Å². The van der Waals surface area contributed by atoms with E-state index in [2.05, 4.69) is 5.32 Å². The lowest BCUT2D eigenvalue weighted by Gasteiger charge is -2.22. The number of amides is 1. The summed E-state index contributed by atoms with van der Waals surface area (Å²) in [5.74, 6) is -0.676. The molecule has 0 bridgehead atoms. The van der Waals surface area contributed by atoms with E-state index in [4.69, 9.17) is 4.74 Å². The number of nitrogens with one attached hydrogen (secondary N) is 1. The summed E-state index contributed by atoms with van der Waals surface area (Å²) in [6, 6.07) is 11.9. The molecule has 2 rings (SSSR count). The minimum atomic E-state index is -3.77. The molecular formula is C17H19FN2O4S. The van der Waals surface area contributed by atoms with E-state index in [1.807, 2.05) is 6.92 Å². The van der Waals surface area contributed by atoms with Gasteiger partial charge in [0.15, 0.2) is 0 Å². The van der Waals surface area contributed by atoms with Crippen molar-refractivity contribution in [2.75, 3.05) is 29.0 Å². The quantitative estimate of drug-likeness (QED) is 0.817. The third kappa shape index (κ3) is 5.18. The smallest absolute Gasteiger partial charge is 0.245 e. The highest BCUT2D eigenvalue weighted by Gasteiger charge is 2.21. The van der Waals surface area contributed by atoms with E-state index in [0.29, 0.717) is 18.0 Å². The summed E-state index contributed by atoms with van der Waals surface area (Å²) in [7, 11) is -3.77. The van der Waals surface area contributed by atoms with Gasteiger partial charge in [-0.2, -0.15) is 0 Å². The highest BCUT2D eigenvalue weighted by Crippen LogP contribution is 2.24. The first kappa shape index (κ1) is 18.7. The summed E-state index contributed by atoms with van der Waals surface area (Å²) in [6.07, 6.45) is 0.958. The van der Waals surface area contributed by atoms with Crippen molar-refractivity contribution in [1.82, 2.24) is 0 Å². The first-order valence-electron chi connectivity index (χ1n) is 7.56. The molecule has 0 aliphatic carbocycles. The van der Waals surface area contributed by atoms with Gasteiger partial charge in [-0.25, -0.2) is 12.8 Å². The molecule has 0 saturated carbocycles. The number of carbonyl (C=O) groups is 1. The zero-order valence-electron chi connectivity index (χ0n) is 13.9. The molecular weight excluding hydrogens is 347 g/mol. The average molecular weight is 366 g/mol. The summed E-state index contributed by atoms with van der Waals surface area (Å²) >= 11 is 0. The fraction of sp³-hybridized carbons (Fsp3) is 0.235. The van der Waals surface area contributed by atoms with Crippen molar-refractivity contribution >= 4 is 27.3 Å². The minimum absolute atomic E-state index is 0.0794. The molecule has 0 aliphatic heterocycles. The standard InChI is InChI=1S/C17H19FN2O4S/c1-3-24-16-10-5-4-9-15(16)19-17(21)12-20(25(2,22)23)14-8-6-7-13(18)11-14/h4-11H,3,12H2,1-2H3,(H,19,21). The van der Waals surface area contributed by atoms with Crippen molar-refractivity contribution in [3.8, 4) is 5.75 Å². The molecule has 0 saturated heterocycles. The van der Waals surface area contributed by atoms with E-state index >= 15 is 0 Å². The number of halogens is 1. The van der Waals surface area contributed by atoms with Crippen LogP contribution in [0.2, 0.25) is 0 Å². The summed E-state index contributed by atoms with van der Waals surface area (Å²) < 4.78 is 43.7. The van der Waals surface area contributed by atoms with Gasteiger partial charge < -0.3 is 10.1 Å². The Morgan fingerprint density at radius 1 is 1.20 bits per heavy atom. The van der Waals surface area contributed by atoms with Crippen LogP contribution in [-0.4, -0.2) is 33.7 Å². The van der Waals surface area contributed by atoms with Crippen molar-refractivity contribution in [2.24, 2.45) is 0 Å². The molecule has 0 spiro atoms. The predicted molar refractivity (Wildman–Crippen MR) is 94.8 cm³/mol. The Morgan fingerprint density at radius 3 is 2.56 bits per heavy atom. The van der Waals surface area contributed by atoms with Gasteiger partial charge >= 0.3 is 0 Å². The van der Waals surface area contributed by atoms with Crippen LogP contribution >= 0.6 is 0 Å². The molecule has 134 valence electrons. The van der Waals surface area contributed by atoms with Gasteiger partial charge in [0.05, 0.1) is 24.2 Å². The number of carbonyl (C=O) groups excluding carboxylic acids is 1. The van der Waals surface area contributed by atoms with Gasteiger partial charge in [-0.05, 0) is 37.3 Å². The predicted octanol–water partition coefficient (Wildman–Crippen LogP) is 2.63. The summed E-state index contributed by atoms with van der Waals surface area (Å²) in [5.41, 5.74) is 0.512. The molecule has 1 amide bonds. The van der Waals surface area contributed by atoms with E-state index in [1.165, 1.54) is 18.2 Å². The Balaban J connectivity index is 2.21. The van der Waals surface area contributed by atoms with Gasteiger partial charge in [0.25, 0.3) is 0 Å². The molecule has 0 unspecified atom stereocenters. The molecule has 25 heavy (non-hydrogen) atoms. The highest BCUT2D eigenvalue weighted by atomic mass is 32.2. The molecule has 0 fully saturated rings. The molecule has 0 aliphatic rings. The van der Waals surface area contributed by atoms with E-state index in [-0.39, 0.29) is 5.69 Å². The van der Waals surface area contributed by atoms with Gasteiger partial charge in [0.2, 0.25) is 15.9 Å². The number of benzene rings is 2. The van der Waals surface area contributed by atoms with Crippen LogP contribution in [0.3, 0.4) is 0 Å². The van der Waals surface area contributed by atoms with Crippen molar-refractivity contribution in [3.05, 3.63) is 54.3 Å². The zero-order chi connectivity index (χ0) is 18.4. The third-order valence-corrected chi connectivity index (χ3v) is 4.39. The number of ether oxygens (including phenoxy) is 1. The molecule has 6 nitrogen and oxygen atoms in total. The van der Waals surface area contributed by atoms with Gasteiger partial charge in [-0.1, -0.05) is 18.2 Å². The second-order valence-electron chi connectivity index (χ2n) is 5.23. The zero-order valence-corrected chi connectivity index (χ0v) is 14.7. The number of hydrogen-bond acceptors (Lipinski definition) is 4. The van der Waals surface area contributed by atoms with Gasteiger partial charge in [0, 0.05) is 0 Å². The summed E-state index contributed by atoms with van der Waals surface area (Å²) in [5, 5.41) is 2.62. The SMILES string of the molecule is CCOc1ccccc1NC(=O)CN(c1cccc(F)c1)S(C)(=O)=O. The first-order chi connectivity index (χ1) is 11.8. The molecule has 8 heteroatoms. The van der Waals surface area contributed by atoms with Crippen molar-refractivity contribution in [3.63, 3.8) is 0 Å². The maximum absolute atomic E-state index is 13.4. The molecule has 1 N–H and O–H groups in total. The second kappa shape index (κ2) is 7.98. The summed E-state index contributed by atoms with van der Waals surface area (Å²) in [6.45, 7) is 1.75. The molecule has 2 aromatic carbocycles. The summed E-state index contributed by atoms with van der Waals surface area (Å²) in [4.78, 5) is 12.3. The Kier molecular flexibility index (Phi) is 5.97. The van der Waals surface area contributed by atoms with Crippen LogP contribution in [0.5, 0.6) is 5.75 Å². The monoisotopic (exact) mass is 366 g/mol. The number of anilines is 2. The lowest BCUT2D eigenvalue weighted by Crippen LogP contribution is -2.37. The lowest BCUT2D eigenvalue weighted by atomic mass is 10.3. The first-order valence-corrected chi connectivity index (χ1v) is 9.41. The normalized spacial score (nSPS) is 11.0. The van der Waals surface area contributed by atoms with Gasteiger partial charge in [-0.15, -0.1) is 0 Å². The van der Waals surface area contributed by atoms with E-state index in [9.17, 15) is 17.6 Å². The highest BCUT2D eigenvalue weighted by molar-refractivity contribution is 7.92. The molecule has 2 aromatic rings. The number of sulfonamides is 1. The number of nitrogens with zero attached hydrogens (tertiary/aromatic N) is 1. The molecule has 0 aromatic heterocycles. The number of hydrogen-bond donors (Lipinski definition) is 1. The third-order valence-electron chi connectivity index (χ3n) is 3.24. The van der Waals surface area contributed by atoms with Crippen LogP contribution in [0.25, 0.3) is 0 Å². The Labute approximate surface area is 146 Å². The maximum atomic E-state index is 13.4. The lowest BCUT2D eigenvalue weighted by molar-refractivity contribution is -0.114. The van der Waals surface area contributed by atoms with Crippen molar-refractivity contribution < 1.29 is 22.3 Å². The van der Waals surface area contributed by atoms with E-state index < -0.39 is 28.3 Å². The maximum Gasteiger partial charge on any atom is 0.245 e. The van der Waals surface area contributed by atoms with E-state index in [0.717, 1.165) is 16.6 Å². The van der Waals surface area contributed by atoms with E-state index in [1.54, 1.807) is 24.3 Å². The number of para-hydroxylation sites is 2. The average Bonchev–Trinajstić information content (AvgIpc) is 2.53. The Bertz CT molecular complexity index is 855. The van der Waals surface area contributed by atoms with Crippen molar-refractivity contribution in [1.29, 1.82) is 0 Å². The van der Waals surface area contributed by atoms with Gasteiger partial charge in [-0.3, -0.25) is 9.10 Å². The topological polar surface area (TPSA) is 75.7 Å². The molecule has 0 atom stereocenters. The number of rotatable bonds is 7. The van der Waals surface area contributed by atoms with Crippen LogP contribution in [0.4, 0.5) is 15.8 Å². The Morgan fingerprint density at radius 2 is 1.92 bits per heavy atom. The van der Waals surface area contributed by atoms with Gasteiger partial charge in [0.1, 0.15) is 18.1 Å². The van der Waals surface area contributed by atoms with Crippen LogP contribution in [0.1, 0.15) is 6.92 Å². The largest absolute Gasteiger partial charge is 0.492 e. The van der Waals surface area contributed by atoms with Crippen LogP contribution in [0, 0.1) is 5.82 Å². The van der Waals surface area contributed by atoms with Crippen molar-refractivity contribution in [2.45, 2.75) is 6.92 Å². The minimum Gasteiger partial charge on any atom is -0.492 e. The second-order valence-corrected chi connectivity index (χ2v) is 7.13. The molecule has 0 radical (unpaired) electrons. The fourth-order valence-electron chi connectivity index (χ4n) is 2.20. The fourth-order valence-corrected chi connectivity index (χ4v) is 3.05.